The summed E-state index contributed by atoms with van der Waals surface area (Å²) in [4.78, 5) is 17.8. The third kappa shape index (κ3) is 3.00. The van der Waals surface area contributed by atoms with Crippen LogP contribution in [0.25, 0.3) is 28.4 Å². The topological polar surface area (TPSA) is 97.3 Å². The van der Waals surface area contributed by atoms with Crippen molar-refractivity contribution in [2.75, 3.05) is 13.1 Å². The third-order valence-corrected chi connectivity index (χ3v) is 6.36. The molecule has 5 heterocycles. The zero-order chi connectivity index (χ0) is 21.0. The lowest BCUT2D eigenvalue weighted by Gasteiger charge is -2.34. The molecule has 6 rings (SSSR count). The van der Waals surface area contributed by atoms with Crippen LogP contribution >= 0.6 is 0 Å². The minimum absolute atomic E-state index is 0.0174. The Kier molecular flexibility index (Phi) is 3.94. The number of pyridine rings is 1. The van der Waals surface area contributed by atoms with Crippen LogP contribution in [-0.2, 0) is 0 Å². The van der Waals surface area contributed by atoms with Gasteiger partial charge in [0.1, 0.15) is 22.8 Å². The molecule has 0 unspecified atom stereocenters. The lowest BCUT2D eigenvalue weighted by molar-refractivity contribution is 0.202. The second kappa shape index (κ2) is 6.71. The molecule has 31 heavy (non-hydrogen) atoms. The van der Waals surface area contributed by atoms with E-state index in [1.807, 2.05) is 22.9 Å². The van der Waals surface area contributed by atoms with Crippen molar-refractivity contribution in [1.29, 1.82) is 0 Å². The number of likely N-dealkylation sites (N-methyl/N-ethyl adjacent to an activating group) is 1. The minimum Gasteiger partial charge on any atom is -0.506 e. The molecule has 0 atom stereocenters. The van der Waals surface area contributed by atoms with Crippen molar-refractivity contribution in [3.05, 3.63) is 54.9 Å². The van der Waals surface area contributed by atoms with Crippen LogP contribution in [0.2, 0.25) is 0 Å². The summed E-state index contributed by atoms with van der Waals surface area (Å²) in [6.45, 7) is 4.30. The summed E-state index contributed by atoms with van der Waals surface area (Å²) >= 11 is 0. The Labute approximate surface area is 178 Å². The Bertz CT molecular complexity index is 1300. The molecule has 1 aliphatic carbocycles. The number of nitrogens with zero attached hydrogens (tertiary/aromatic N) is 8. The first kappa shape index (κ1) is 18.2. The quantitative estimate of drug-likeness (QED) is 0.548. The van der Waals surface area contributed by atoms with E-state index in [1.165, 1.54) is 23.2 Å². The number of hydrogen-bond donors (Lipinski definition) is 1. The average molecular weight is 414 g/mol. The first-order valence-electron chi connectivity index (χ1n) is 10.5. The molecule has 4 aromatic heterocycles. The maximum atomic E-state index is 10.5. The molecule has 1 fully saturated rings. The van der Waals surface area contributed by atoms with E-state index in [0.29, 0.717) is 28.4 Å². The van der Waals surface area contributed by atoms with Gasteiger partial charge in [-0.1, -0.05) is 13.0 Å². The maximum absolute atomic E-state index is 10.5. The molecular formula is C22H22N8O. The van der Waals surface area contributed by atoms with Crippen molar-refractivity contribution in [1.82, 2.24) is 39.2 Å². The van der Waals surface area contributed by atoms with Crippen molar-refractivity contribution in [2.45, 2.75) is 31.7 Å². The molecule has 4 aromatic rings. The van der Waals surface area contributed by atoms with E-state index >= 15 is 0 Å². The fourth-order valence-electron chi connectivity index (χ4n) is 4.51. The number of aromatic nitrogens is 7. The van der Waals surface area contributed by atoms with Gasteiger partial charge in [-0.25, -0.2) is 15.0 Å². The average Bonchev–Trinajstić information content (AvgIpc) is 3.20. The summed E-state index contributed by atoms with van der Waals surface area (Å²) in [5, 5.41) is 18.6. The molecule has 0 bridgehead atoms. The molecule has 1 N–H and O–H groups in total. The van der Waals surface area contributed by atoms with Crippen molar-refractivity contribution < 1.29 is 5.11 Å². The van der Waals surface area contributed by atoms with E-state index in [0.717, 1.165) is 25.2 Å². The van der Waals surface area contributed by atoms with Gasteiger partial charge in [-0.15, -0.1) is 4.80 Å². The van der Waals surface area contributed by atoms with Crippen LogP contribution < -0.4 is 0 Å². The Morgan fingerprint density at radius 3 is 2.68 bits per heavy atom. The molecule has 9 heteroatoms. The van der Waals surface area contributed by atoms with Gasteiger partial charge in [0.2, 0.25) is 5.78 Å². The van der Waals surface area contributed by atoms with Gasteiger partial charge >= 0.3 is 0 Å². The fraction of sp³-hybridized carbons (Fsp3) is 0.318. The summed E-state index contributed by atoms with van der Waals surface area (Å²) in [6.07, 6.45) is 14.4. The maximum Gasteiger partial charge on any atom is 0.234 e. The van der Waals surface area contributed by atoms with Gasteiger partial charge in [-0.2, -0.15) is 10.2 Å². The monoisotopic (exact) mass is 414 g/mol. The SMILES string of the molecule is CCN1CC=C(c2ccn3cc(-c4ncc(-n5nccn5)cc4O)nc3n2)CC12CC2. The highest BCUT2D eigenvalue weighted by Gasteiger charge is 2.49. The smallest absolute Gasteiger partial charge is 0.234 e. The van der Waals surface area contributed by atoms with Gasteiger partial charge in [0.25, 0.3) is 0 Å². The Morgan fingerprint density at radius 2 is 1.94 bits per heavy atom. The summed E-state index contributed by atoms with van der Waals surface area (Å²) in [5.41, 5.74) is 4.16. The molecule has 0 aromatic carbocycles. The molecule has 2 aliphatic rings. The Morgan fingerprint density at radius 1 is 1.13 bits per heavy atom. The van der Waals surface area contributed by atoms with Gasteiger partial charge in [0.05, 0.1) is 24.3 Å². The lowest BCUT2D eigenvalue weighted by Crippen LogP contribution is -2.40. The number of hydrogen-bond acceptors (Lipinski definition) is 7. The van der Waals surface area contributed by atoms with E-state index in [1.54, 1.807) is 24.7 Å². The number of rotatable bonds is 4. The fourth-order valence-corrected chi connectivity index (χ4v) is 4.51. The van der Waals surface area contributed by atoms with E-state index in [2.05, 4.69) is 38.1 Å². The van der Waals surface area contributed by atoms with Crippen LogP contribution in [-0.4, -0.2) is 63.0 Å². The molecule has 0 saturated heterocycles. The highest BCUT2D eigenvalue weighted by molar-refractivity contribution is 5.68. The molecule has 1 aliphatic heterocycles. The number of fused-ring (bicyclic) bond motifs is 1. The molecule has 1 saturated carbocycles. The van der Waals surface area contributed by atoms with Crippen LogP contribution in [0.1, 0.15) is 31.9 Å². The Balaban J connectivity index is 1.33. The normalized spacial score (nSPS) is 17.9. The second-order valence-corrected chi connectivity index (χ2v) is 8.20. The summed E-state index contributed by atoms with van der Waals surface area (Å²) < 4.78 is 1.86. The molecule has 9 nitrogen and oxygen atoms in total. The minimum atomic E-state index is 0.0174. The third-order valence-electron chi connectivity index (χ3n) is 6.36. The highest BCUT2D eigenvalue weighted by atomic mass is 16.3. The van der Waals surface area contributed by atoms with Crippen molar-refractivity contribution >= 4 is 11.4 Å². The van der Waals surface area contributed by atoms with Crippen molar-refractivity contribution in [2.24, 2.45) is 0 Å². The van der Waals surface area contributed by atoms with E-state index in [-0.39, 0.29) is 5.75 Å². The lowest BCUT2D eigenvalue weighted by atomic mass is 9.95. The summed E-state index contributed by atoms with van der Waals surface area (Å²) in [7, 11) is 0. The molecule has 0 amide bonds. The highest BCUT2D eigenvalue weighted by Crippen LogP contribution is 2.50. The first-order chi connectivity index (χ1) is 15.1. The summed E-state index contributed by atoms with van der Waals surface area (Å²) in [5.74, 6) is 0.610. The van der Waals surface area contributed by atoms with Crippen LogP contribution in [0.3, 0.4) is 0 Å². The molecule has 0 radical (unpaired) electrons. The van der Waals surface area contributed by atoms with Crippen LogP contribution in [0, 0.1) is 0 Å². The summed E-state index contributed by atoms with van der Waals surface area (Å²) in [6, 6.07) is 3.62. The van der Waals surface area contributed by atoms with Gasteiger partial charge in [-0.05, 0) is 37.4 Å². The zero-order valence-electron chi connectivity index (χ0n) is 17.2. The first-order valence-corrected chi connectivity index (χ1v) is 10.5. The standard InChI is InChI=1S/C22H22N8O/c1-2-29-10-3-15(12-22(29)5-6-22)17-4-9-28-14-18(27-21(28)26-17)20-19(31)11-16(13-23-20)30-24-7-8-25-30/h3-4,7-9,11,13-14,31H,2,5-6,10,12H2,1H3. The molecule has 156 valence electrons. The van der Waals surface area contributed by atoms with E-state index in [9.17, 15) is 5.11 Å². The zero-order valence-corrected chi connectivity index (χ0v) is 17.2. The van der Waals surface area contributed by atoms with E-state index in [4.69, 9.17) is 4.98 Å². The largest absolute Gasteiger partial charge is 0.506 e. The second-order valence-electron chi connectivity index (χ2n) is 8.20. The van der Waals surface area contributed by atoms with Crippen molar-refractivity contribution in [3.8, 4) is 22.8 Å². The van der Waals surface area contributed by atoms with Crippen LogP contribution in [0.5, 0.6) is 5.75 Å². The van der Waals surface area contributed by atoms with E-state index < -0.39 is 0 Å². The predicted octanol–water partition coefficient (Wildman–Crippen LogP) is 2.72. The van der Waals surface area contributed by atoms with Gasteiger partial charge < -0.3 is 5.11 Å². The molecule has 1 spiro atoms. The van der Waals surface area contributed by atoms with Gasteiger partial charge in [0.15, 0.2) is 0 Å². The predicted molar refractivity (Wildman–Crippen MR) is 115 cm³/mol. The van der Waals surface area contributed by atoms with Crippen LogP contribution in [0.15, 0.2) is 49.2 Å². The van der Waals surface area contributed by atoms with Crippen LogP contribution in [0.4, 0.5) is 0 Å². The number of aromatic hydroxyl groups is 1. The van der Waals surface area contributed by atoms with Crippen molar-refractivity contribution in [3.63, 3.8) is 0 Å². The molecular weight excluding hydrogens is 392 g/mol. The Hall–Kier alpha value is -3.59. The van der Waals surface area contributed by atoms with Gasteiger partial charge in [0, 0.05) is 30.5 Å². The van der Waals surface area contributed by atoms with Gasteiger partial charge in [-0.3, -0.25) is 9.30 Å². The number of imidazole rings is 1.